The van der Waals surface area contributed by atoms with Crippen LogP contribution in [0, 0.1) is 5.92 Å². The summed E-state index contributed by atoms with van der Waals surface area (Å²) < 4.78 is 5.71. The van der Waals surface area contributed by atoms with Crippen molar-refractivity contribution in [3.8, 4) is 0 Å². The Morgan fingerprint density at radius 1 is 1.33 bits per heavy atom. The van der Waals surface area contributed by atoms with Gasteiger partial charge in [-0.05, 0) is 64.8 Å². The summed E-state index contributed by atoms with van der Waals surface area (Å²) in [5.41, 5.74) is 0. The maximum atomic E-state index is 3.55. The third kappa shape index (κ3) is 3.48. The van der Waals surface area contributed by atoms with Gasteiger partial charge in [0.25, 0.3) is 0 Å². The van der Waals surface area contributed by atoms with Crippen LogP contribution in [0.4, 0.5) is 0 Å². The summed E-state index contributed by atoms with van der Waals surface area (Å²) >= 11 is 8.74. The van der Waals surface area contributed by atoms with Crippen LogP contribution in [0.2, 0.25) is 0 Å². The van der Waals surface area contributed by atoms with Gasteiger partial charge in [-0.15, -0.1) is 0 Å². The predicted octanol–water partition coefficient (Wildman–Crippen LogP) is 4.61. The number of rotatable bonds is 4. The van der Waals surface area contributed by atoms with Crippen molar-refractivity contribution in [1.82, 2.24) is 4.72 Å². The third-order valence-corrected chi connectivity index (χ3v) is 4.99. The molecule has 0 radical (unpaired) electrons. The van der Waals surface area contributed by atoms with Gasteiger partial charge in [-0.2, -0.15) is 0 Å². The predicted molar refractivity (Wildman–Crippen MR) is 73.0 cm³/mol. The molecule has 0 aromatic heterocycles. The quantitative estimate of drug-likeness (QED) is 0.796. The van der Waals surface area contributed by atoms with Gasteiger partial charge in [0.15, 0.2) is 0 Å². The van der Waals surface area contributed by atoms with Crippen molar-refractivity contribution in [3.05, 3.63) is 27.1 Å². The highest BCUT2D eigenvalue weighted by atomic mass is 79.9. The minimum absolute atomic E-state index is 0.906. The molecular formula is C11H13Br2NS. The summed E-state index contributed by atoms with van der Waals surface area (Å²) in [6.45, 7) is 1.13. The second kappa shape index (κ2) is 5.71. The molecule has 1 saturated carbocycles. The molecule has 0 bridgehead atoms. The van der Waals surface area contributed by atoms with Gasteiger partial charge < -0.3 is 0 Å². The second-order valence-corrected chi connectivity index (χ2v) is 6.52. The van der Waals surface area contributed by atoms with Gasteiger partial charge in [-0.3, -0.25) is 4.72 Å². The smallest absolute Gasteiger partial charge is 0.0381 e. The first kappa shape index (κ1) is 12.0. The Labute approximate surface area is 112 Å². The van der Waals surface area contributed by atoms with Crippen molar-refractivity contribution in [3.63, 3.8) is 0 Å². The van der Waals surface area contributed by atoms with E-state index in [2.05, 4.69) is 48.7 Å². The highest BCUT2D eigenvalue weighted by molar-refractivity contribution is 9.11. The van der Waals surface area contributed by atoms with Crippen LogP contribution < -0.4 is 4.72 Å². The van der Waals surface area contributed by atoms with E-state index >= 15 is 0 Å². The zero-order valence-electron chi connectivity index (χ0n) is 8.30. The number of hydrogen-bond donors (Lipinski definition) is 1. The van der Waals surface area contributed by atoms with Crippen LogP contribution in [-0.4, -0.2) is 6.54 Å². The van der Waals surface area contributed by atoms with Gasteiger partial charge in [0.05, 0.1) is 0 Å². The van der Waals surface area contributed by atoms with E-state index in [4.69, 9.17) is 0 Å². The maximum Gasteiger partial charge on any atom is 0.0381 e. The van der Waals surface area contributed by atoms with Crippen LogP contribution in [0.15, 0.2) is 32.0 Å². The molecule has 2 rings (SSSR count). The van der Waals surface area contributed by atoms with E-state index in [1.807, 2.05) is 6.07 Å². The van der Waals surface area contributed by atoms with Crippen molar-refractivity contribution in [1.29, 1.82) is 0 Å². The zero-order chi connectivity index (χ0) is 10.7. The van der Waals surface area contributed by atoms with Crippen LogP contribution in [0.3, 0.4) is 0 Å². The fourth-order valence-corrected chi connectivity index (χ4v) is 3.32. The summed E-state index contributed by atoms with van der Waals surface area (Å²) in [6, 6.07) is 6.24. The first-order chi connectivity index (χ1) is 7.25. The Hall–Kier alpha value is 0.490. The fourth-order valence-electron chi connectivity index (χ4n) is 1.49. The Kier molecular flexibility index (Phi) is 4.55. The average molecular weight is 351 g/mol. The van der Waals surface area contributed by atoms with Gasteiger partial charge in [0.1, 0.15) is 0 Å². The molecule has 15 heavy (non-hydrogen) atoms. The maximum absolute atomic E-state index is 3.55. The lowest BCUT2D eigenvalue weighted by atomic mass is 9.86. The molecule has 0 unspecified atom stereocenters. The molecule has 1 N–H and O–H groups in total. The SMILES string of the molecule is Brc1ccc(Br)c(SNCC2CCC2)c1. The van der Waals surface area contributed by atoms with E-state index < -0.39 is 0 Å². The summed E-state index contributed by atoms with van der Waals surface area (Å²) in [6.07, 6.45) is 4.21. The lowest BCUT2D eigenvalue weighted by Gasteiger charge is -2.25. The molecule has 1 aliphatic carbocycles. The van der Waals surface area contributed by atoms with Gasteiger partial charge in [0, 0.05) is 20.4 Å². The fraction of sp³-hybridized carbons (Fsp3) is 0.455. The molecule has 0 saturated heterocycles. The Morgan fingerprint density at radius 3 is 2.80 bits per heavy atom. The van der Waals surface area contributed by atoms with E-state index in [-0.39, 0.29) is 0 Å². The minimum Gasteiger partial charge on any atom is -0.260 e. The largest absolute Gasteiger partial charge is 0.260 e. The Morgan fingerprint density at radius 2 is 2.13 bits per heavy atom. The topological polar surface area (TPSA) is 12.0 Å². The number of halogens is 2. The zero-order valence-corrected chi connectivity index (χ0v) is 12.3. The van der Waals surface area contributed by atoms with Crippen molar-refractivity contribution >= 4 is 43.8 Å². The van der Waals surface area contributed by atoms with Gasteiger partial charge in [-0.1, -0.05) is 22.4 Å². The molecule has 0 amide bonds. The van der Waals surface area contributed by atoms with E-state index in [0.717, 1.165) is 21.4 Å². The molecule has 1 aromatic rings. The Balaban J connectivity index is 1.83. The van der Waals surface area contributed by atoms with E-state index in [9.17, 15) is 0 Å². The second-order valence-electron chi connectivity index (χ2n) is 3.82. The lowest BCUT2D eigenvalue weighted by molar-refractivity contribution is 0.319. The molecule has 1 nitrogen and oxygen atoms in total. The van der Waals surface area contributed by atoms with Crippen LogP contribution in [0.25, 0.3) is 0 Å². The third-order valence-electron chi connectivity index (χ3n) is 2.67. The molecule has 0 heterocycles. The summed E-state index contributed by atoms with van der Waals surface area (Å²) in [4.78, 5) is 1.24. The highest BCUT2D eigenvalue weighted by Crippen LogP contribution is 2.30. The molecule has 0 atom stereocenters. The van der Waals surface area contributed by atoms with E-state index in [1.165, 1.54) is 24.2 Å². The van der Waals surface area contributed by atoms with Gasteiger partial charge in [-0.25, -0.2) is 0 Å². The molecule has 1 aliphatic rings. The van der Waals surface area contributed by atoms with E-state index in [1.54, 1.807) is 11.9 Å². The van der Waals surface area contributed by atoms with Crippen LogP contribution >= 0.6 is 43.8 Å². The van der Waals surface area contributed by atoms with Crippen LogP contribution in [0.1, 0.15) is 19.3 Å². The molecule has 1 fully saturated rings. The first-order valence-electron chi connectivity index (χ1n) is 5.10. The standard InChI is InChI=1S/C11H13Br2NS/c12-9-4-5-10(13)11(6-9)15-14-7-8-2-1-3-8/h4-6,8,14H,1-3,7H2. The normalized spacial score (nSPS) is 16.4. The molecule has 82 valence electrons. The van der Waals surface area contributed by atoms with Crippen molar-refractivity contribution in [2.45, 2.75) is 24.2 Å². The highest BCUT2D eigenvalue weighted by Gasteiger charge is 2.16. The molecule has 4 heteroatoms. The van der Waals surface area contributed by atoms with Gasteiger partial charge in [0.2, 0.25) is 0 Å². The van der Waals surface area contributed by atoms with Crippen LogP contribution in [0.5, 0.6) is 0 Å². The first-order valence-corrected chi connectivity index (χ1v) is 7.51. The van der Waals surface area contributed by atoms with Crippen molar-refractivity contribution in [2.75, 3.05) is 6.54 Å². The van der Waals surface area contributed by atoms with Crippen molar-refractivity contribution < 1.29 is 0 Å². The molecule has 0 aliphatic heterocycles. The van der Waals surface area contributed by atoms with Crippen LogP contribution in [-0.2, 0) is 0 Å². The van der Waals surface area contributed by atoms with Crippen molar-refractivity contribution in [2.24, 2.45) is 5.92 Å². The molecule has 0 spiro atoms. The molecular weight excluding hydrogens is 338 g/mol. The minimum atomic E-state index is 0.906. The van der Waals surface area contributed by atoms with E-state index in [0.29, 0.717) is 0 Å². The van der Waals surface area contributed by atoms with Gasteiger partial charge >= 0.3 is 0 Å². The summed E-state index contributed by atoms with van der Waals surface area (Å²) in [5, 5.41) is 0. The summed E-state index contributed by atoms with van der Waals surface area (Å²) in [5.74, 6) is 0.906. The lowest BCUT2D eigenvalue weighted by Crippen LogP contribution is -2.22. The summed E-state index contributed by atoms with van der Waals surface area (Å²) in [7, 11) is 0. The number of hydrogen-bond acceptors (Lipinski definition) is 2. The average Bonchev–Trinajstić information content (AvgIpc) is 2.15. The monoisotopic (exact) mass is 349 g/mol. The Bertz CT molecular complexity index is 339. The molecule has 1 aromatic carbocycles. The number of benzene rings is 1. The number of nitrogens with one attached hydrogen (secondary N) is 1.